The predicted molar refractivity (Wildman–Crippen MR) is 54.3 cm³/mol. The quantitative estimate of drug-likeness (QED) is 0.667. The third kappa shape index (κ3) is 1.34. The van der Waals surface area contributed by atoms with E-state index in [9.17, 15) is 9.18 Å². The first-order chi connectivity index (χ1) is 7.54. The fourth-order valence-corrected chi connectivity index (χ4v) is 1.54. The van der Waals surface area contributed by atoms with E-state index in [2.05, 4.69) is 15.0 Å². The summed E-state index contributed by atoms with van der Waals surface area (Å²) in [6, 6.07) is 1.63. The number of aryl methyl sites for hydroxylation is 2. The molecule has 2 heterocycles. The van der Waals surface area contributed by atoms with Crippen LogP contribution in [0.4, 0.5) is 4.39 Å². The first-order valence-electron chi connectivity index (χ1n) is 4.51. The summed E-state index contributed by atoms with van der Waals surface area (Å²) in [7, 11) is 0. The van der Waals surface area contributed by atoms with Gasteiger partial charge in [-0.25, -0.2) is 9.97 Å². The van der Waals surface area contributed by atoms with Gasteiger partial charge in [0.05, 0.1) is 11.1 Å². The van der Waals surface area contributed by atoms with Gasteiger partial charge in [-0.3, -0.25) is 4.79 Å². The highest BCUT2D eigenvalue weighted by atomic mass is 19.1. The maximum absolute atomic E-state index is 13.3. The number of hydrogen-bond donors (Lipinski definition) is 1. The number of aromatic nitrogens is 3. The van der Waals surface area contributed by atoms with Gasteiger partial charge in [-0.15, -0.1) is 0 Å². The van der Waals surface area contributed by atoms with E-state index in [1.165, 1.54) is 0 Å². The third-order valence-corrected chi connectivity index (χ3v) is 2.21. The van der Waals surface area contributed by atoms with Gasteiger partial charge in [0.25, 0.3) is 5.56 Å². The lowest BCUT2D eigenvalue weighted by molar-refractivity contribution is 0.578. The highest BCUT2D eigenvalue weighted by Crippen LogP contribution is 2.17. The van der Waals surface area contributed by atoms with Crippen LogP contribution in [0.3, 0.4) is 0 Å². The predicted octanol–water partition coefficient (Wildman–Crippen LogP) is 0.946. The van der Waals surface area contributed by atoms with Gasteiger partial charge >= 0.3 is 0 Å². The Morgan fingerprint density at radius 2 is 2.06 bits per heavy atom. The van der Waals surface area contributed by atoms with Crippen molar-refractivity contribution in [3.8, 4) is 6.07 Å². The van der Waals surface area contributed by atoms with Gasteiger partial charge in [0.2, 0.25) is 5.95 Å². The maximum atomic E-state index is 13.3. The topological polar surface area (TPSA) is 82.4 Å². The molecular weight excluding hydrogens is 211 g/mol. The van der Waals surface area contributed by atoms with Crippen molar-refractivity contribution < 1.29 is 4.39 Å². The average Bonchev–Trinajstić information content (AvgIpc) is 2.20. The molecule has 0 aliphatic carbocycles. The molecule has 0 aliphatic heterocycles. The van der Waals surface area contributed by atoms with E-state index in [1.54, 1.807) is 19.9 Å². The Morgan fingerprint density at radius 3 is 2.69 bits per heavy atom. The average molecular weight is 218 g/mol. The summed E-state index contributed by atoms with van der Waals surface area (Å²) in [5, 5.41) is 8.75. The minimum absolute atomic E-state index is 0.0434. The van der Waals surface area contributed by atoms with Crippen LogP contribution in [0.25, 0.3) is 10.9 Å². The molecule has 0 unspecified atom stereocenters. The van der Waals surface area contributed by atoms with Crippen LogP contribution in [-0.2, 0) is 0 Å². The number of halogens is 1. The lowest BCUT2D eigenvalue weighted by Gasteiger charge is -2.03. The molecule has 0 bridgehead atoms. The van der Waals surface area contributed by atoms with Crippen LogP contribution in [0, 0.1) is 31.1 Å². The molecule has 6 heteroatoms. The molecule has 2 aromatic rings. The van der Waals surface area contributed by atoms with Gasteiger partial charge in [0.1, 0.15) is 23.0 Å². The van der Waals surface area contributed by atoms with Crippen LogP contribution < -0.4 is 5.56 Å². The summed E-state index contributed by atoms with van der Waals surface area (Å²) in [5.41, 5.74) is -0.335. The molecule has 2 aromatic heterocycles. The van der Waals surface area contributed by atoms with E-state index in [0.717, 1.165) is 0 Å². The zero-order valence-electron chi connectivity index (χ0n) is 8.63. The number of H-pyrrole nitrogens is 1. The highest BCUT2D eigenvalue weighted by Gasteiger charge is 2.15. The second kappa shape index (κ2) is 3.38. The third-order valence-electron chi connectivity index (χ3n) is 2.21. The number of fused-ring (bicyclic) bond motifs is 1. The standard InChI is InChI=1S/C10H7FN4O/c1-4-8-7(6(3-12)9(11)13-4)10(16)15-5(2)14-8/h1-2H3,(H,14,15,16). The molecule has 16 heavy (non-hydrogen) atoms. The summed E-state index contributed by atoms with van der Waals surface area (Å²) >= 11 is 0. The Hall–Kier alpha value is -2.29. The molecular formula is C10H7FN4O. The summed E-state index contributed by atoms with van der Waals surface area (Å²) in [6.45, 7) is 3.15. The van der Waals surface area contributed by atoms with Crippen LogP contribution in [0.5, 0.6) is 0 Å². The number of hydrogen-bond acceptors (Lipinski definition) is 4. The van der Waals surface area contributed by atoms with Crippen molar-refractivity contribution in [2.24, 2.45) is 0 Å². The number of nitrogens with one attached hydrogen (secondary N) is 1. The van der Waals surface area contributed by atoms with Crippen LogP contribution in [0.1, 0.15) is 17.1 Å². The van der Waals surface area contributed by atoms with Crippen LogP contribution in [0.2, 0.25) is 0 Å². The Labute approximate surface area is 89.6 Å². The second-order valence-electron chi connectivity index (χ2n) is 3.35. The fourth-order valence-electron chi connectivity index (χ4n) is 1.54. The van der Waals surface area contributed by atoms with Crippen molar-refractivity contribution in [1.29, 1.82) is 5.26 Å². The van der Waals surface area contributed by atoms with Crippen molar-refractivity contribution in [2.45, 2.75) is 13.8 Å². The van der Waals surface area contributed by atoms with Gasteiger partial charge in [-0.1, -0.05) is 0 Å². The van der Waals surface area contributed by atoms with Gasteiger partial charge in [0.15, 0.2) is 0 Å². The largest absolute Gasteiger partial charge is 0.310 e. The van der Waals surface area contributed by atoms with E-state index in [1.807, 2.05) is 0 Å². The van der Waals surface area contributed by atoms with Crippen molar-refractivity contribution in [3.05, 3.63) is 33.4 Å². The number of pyridine rings is 1. The molecule has 0 atom stereocenters. The smallest absolute Gasteiger partial charge is 0.260 e. The molecule has 5 nitrogen and oxygen atoms in total. The van der Waals surface area contributed by atoms with Gasteiger partial charge in [-0.05, 0) is 13.8 Å². The van der Waals surface area contributed by atoms with Crippen molar-refractivity contribution >= 4 is 10.9 Å². The molecule has 80 valence electrons. The second-order valence-corrected chi connectivity index (χ2v) is 3.35. The molecule has 0 amide bonds. The molecule has 0 aromatic carbocycles. The lowest BCUT2D eigenvalue weighted by atomic mass is 10.1. The van der Waals surface area contributed by atoms with E-state index < -0.39 is 11.5 Å². The SMILES string of the molecule is Cc1nc2c(C)nc(F)c(C#N)c2c(=O)[nH]1. The molecule has 0 saturated heterocycles. The van der Waals surface area contributed by atoms with Crippen LogP contribution in [-0.4, -0.2) is 15.0 Å². The molecule has 2 rings (SSSR count). The van der Waals surface area contributed by atoms with Crippen LogP contribution >= 0.6 is 0 Å². The Morgan fingerprint density at radius 1 is 1.38 bits per heavy atom. The lowest BCUT2D eigenvalue weighted by Crippen LogP contribution is -2.14. The molecule has 0 radical (unpaired) electrons. The minimum atomic E-state index is -0.941. The Kier molecular flexibility index (Phi) is 2.16. The molecule has 0 spiro atoms. The molecule has 0 fully saturated rings. The summed E-state index contributed by atoms with van der Waals surface area (Å²) in [6.07, 6.45) is 0. The molecule has 0 aliphatic rings. The molecule has 1 N–H and O–H groups in total. The van der Waals surface area contributed by atoms with Crippen molar-refractivity contribution in [3.63, 3.8) is 0 Å². The van der Waals surface area contributed by atoms with E-state index >= 15 is 0 Å². The maximum Gasteiger partial charge on any atom is 0.260 e. The number of rotatable bonds is 0. The zero-order chi connectivity index (χ0) is 11.9. The van der Waals surface area contributed by atoms with Gasteiger partial charge < -0.3 is 4.98 Å². The summed E-state index contributed by atoms with van der Waals surface area (Å²) in [4.78, 5) is 21.7. The van der Waals surface area contributed by atoms with Crippen LogP contribution in [0.15, 0.2) is 4.79 Å². The summed E-state index contributed by atoms with van der Waals surface area (Å²) in [5.74, 6) is -0.540. The van der Waals surface area contributed by atoms with Crippen molar-refractivity contribution in [2.75, 3.05) is 0 Å². The molecule has 0 saturated carbocycles. The fraction of sp³-hybridized carbons (Fsp3) is 0.200. The highest BCUT2D eigenvalue weighted by molar-refractivity contribution is 5.85. The van der Waals surface area contributed by atoms with E-state index in [-0.39, 0.29) is 16.5 Å². The number of aromatic amines is 1. The Bertz CT molecular complexity index is 684. The van der Waals surface area contributed by atoms with Crippen molar-refractivity contribution in [1.82, 2.24) is 15.0 Å². The normalized spacial score (nSPS) is 10.4. The summed E-state index contributed by atoms with van der Waals surface area (Å²) < 4.78 is 13.3. The number of nitrogens with zero attached hydrogens (tertiary/aromatic N) is 3. The minimum Gasteiger partial charge on any atom is -0.310 e. The van der Waals surface area contributed by atoms with E-state index in [4.69, 9.17) is 5.26 Å². The zero-order valence-corrected chi connectivity index (χ0v) is 8.63. The van der Waals surface area contributed by atoms with Gasteiger partial charge in [0, 0.05) is 0 Å². The first kappa shape index (κ1) is 10.2. The van der Waals surface area contributed by atoms with E-state index in [0.29, 0.717) is 11.5 Å². The monoisotopic (exact) mass is 218 g/mol. The van der Waals surface area contributed by atoms with Gasteiger partial charge in [-0.2, -0.15) is 9.65 Å². The Balaban J connectivity index is 3.14. The number of nitriles is 1. The first-order valence-corrected chi connectivity index (χ1v) is 4.51.